The van der Waals surface area contributed by atoms with Crippen LogP contribution in [0.1, 0.15) is 22.3 Å². The van der Waals surface area contributed by atoms with Gasteiger partial charge in [0.2, 0.25) is 0 Å². The summed E-state index contributed by atoms with van der Waals surface area (Å²) in [6.45, 7) is 4.55. The first-order chi connectivity index (χ1) is 15.4. The fourth-order valence-corrected chi connectivity index (χ4v) is 4.48. The second kappa shape index (κ2) is 10.1. The minimum Gasteiger partial charge on any atom is -0.489 e. The highest BCUT2D eigenvalue weighted by Crippen LogP contribution is 2.31. The largest absolute Gasteiger partial charge is 0.489 e. The molecule has 3 aromatic carbocycles. The maximum atomic E-state index is 12.4. The van der Waals surface area contributed by atoms with Crippen LogP contribution < -0.4 is 10.1 Å². The van der Waals surface area contributed by atoms with Crippen molar-refractivity contribution in [2.75, 3.05) is 0 Å². The summed E-state index contributed by atoms with van der Waals surface area (Å²) in [6.07, 6.45) is 1.86. The number of nitrogens with zero attached hydrogens (tertiary/aromatic N) is 1. The van der Waals surface area contributed by atoms with Gasteiger partial charge in [0.15, 0.2) is 5.17 Å². The molecule has 0 unspecified atom stereocenters. The Morgan fingerprint density at radius 1 is 1.00 bits per heavy atom. The SMILES string of the molecule is Cc1cc(N=C2NC(=O)/C(=C/c3ccc(OCc4ccc(Br)cc4)cc3)S2)cc(C)c1Br. The molecule has 0 aliphatic carbocycles. The standard InChI is InChI=1S/C25H20Br2N2O2S/c1-15-11-20(12-16(2)23(15)27)28-25-29-24(30)22(32-25)13-17-5-9-21(10-6-17)31-14-18-3-7-19(26)8-4-18/h3-13H,14H2,1-2H3,(H,28,29,30)/b22-13-. The zero-order valence-electron chi connectivity index (χ0n) is 17.5. The lowest BCUT2D eigenvalue weighted by atomic mass is 10.1. The quantitative estimate of drug-likeness (QED) is 0.327. The summed E-state index contributed by atoms with van der Waals surface area (Å²) in [7, 11) is 0. The second-order valence-electron chi connectivity index (χ2n) is 7.36. The van der Waals surface area contributed by atoms with Crippen LogP contribution in [0, 0.1) is 13.8 Å². The van der Waals surface area contributed by atoms with Crippen LogP contribution in [-0.2, 0) is 11.4 Å². The zero-order valence-corrected chi connectivity index (χ0v) is 21.5. The van der Waals surface area contributed by atoms with Gasteiger partial charge < -0.3 is 10.1 Å². The van der Waals surface area contributed by atoms with Crippen LogP contribution in [0.2, 0.25) is 0 Å². The predicted octanol–water partition coefficient (Wildman–Crippen LogP) is 7.30. The first-order valence-electron chi connectivity index (χ1n) is 9.91. The Balaban J connectivity index is 1.42. The molecule has 0 aromatic heterocycles. The van der Waals surface area contributed by atoms with Crippen molar-refractivity contribution in [2.24, 2.45) is 4.99 Å². The average molecular weight is 572 g/mol. The molecule has 1 amide bonds. The Bertz CT molecular complexity index is 1200. The number of amides is 1. The van der Waals surface area contributed by atoms with E-state index in [1.165, 1.54) is 11.8 Å². The topological polar surface area (TPSA) is 50.7 Å². The van der Waals surface area contributed by atoms with Crippen LogP contribution in [0.25, 0.3) is 6.08 Å². The van der Waals surface area contributed by atoms with Crippen molar-refractivity contribution in [1.29, 1.82) is 0 Å². The Morgan fingerprint density at radius 2 is 1.66 bits per heavy atom. The van der Waals surface area contributed by atoms with Gasteiger partial charge >= 0.3 is 0 Å². The number of aryl methyl sites for hydroxylation is 2. The summed E-state index contributed by atoms with van der Waals surface area (Å²) in [4.78, 5) is 17.6. The predicted molar refractivity (Wildman–Crippen MR) is 139 cm³/mol. The molecular formula is C25H20Br2N2O2S. The molecule has 32 heavy (non-hydrogen) atoms. The molecule has 162 valence electrons. The molecule has 1 heterocycles. The normalized spacial score (nSPS) is 15.9. The number of hydrogen-bond donors (Lipinski definition) is 1. The van der Waals surface area contributed by atoms with E-state index >= 15 is 0 Å². The van der Waals surface area contributed by atoms with Crippen LogP contribution in [0.5, 0.6) is 5.75 Å². The lowest BCUT2D eigenvalue weighted by Gasteiger charge is -2.07. The Kier molecular flexibility index (Phi) is 7.18. The number of halogens is 2. The van der Waals surface area contributed by atoms with Crippen molar-refractivity contribution in [3.8, 4) is 5.75 Å². The summed E-state index contributed by atoms with van der Waals surface area (Å²) < 4.78 is 7.97. The molecule has 1 fully saturated rings. The number of rotatable bonds is 5. The molecule has 4 rings (SSSR count). The van der Waals surface area contributed by atoms with E-state index in [1.807, 2.05) is 80.6 Å². The molecule has 0 spiro atoms. The smallest absolute Gasteiger partial charge is 0.264 e. The zero-order chi connectivity index (χ0) is 22.7. The highest BCUT2D eigenvalue weighted by atomic mass is 79.9. The van der Waals surface area contributed by atoms with Crippen LogP contribution in [-0.4, -0.2) is 11.1 Å². The lowest BCUT2D eigenvalue weighted by molar-refractivity contribution is -0.115. The van der Waals surface area contributed by atoms with E-state index in [4.69, 9.17) is 4.74 Å². The number of benzene rings is 3. The van der Waals surface area contributed by atoms with Crippen LogP contribution in [0.3, 0.4) is 0 Å². The van der Waals surface area contributed by atoms with Crippen LogP contribution in [0.15, 0.2) is 79.5 Å². The van der Waals surface area contributed by atoms with E-state index in [-0.39, 0.29) is 5.91 Å². The molecule has 3 aromatic rings. The highest BCUT2D eigenvalue weighted by molar-refractivity contribution is 9.10. The third kappa shape index (κ3) is 5.71. The van der Waals surface area contributed by atoms with E-state index in [1.54, 1.807) is 0 Å². The Hall–Kier alpha value is -2.35. The van der Waals surface area contributed by atoms with Crippen LogP contribution in [0.4, 0.5) is 5.69 Å². The number of amidine groups is 1. The number of ether oxygens (including phenoxy) is 1. The minimum atomic E-state index is -0.144. The van der Waals surface area contributed by atoms with Gasteiger partial charge in [-0.1, -0.05) is 56.1 Å². The number of nitrogens with one attached hydrogen (secondary N) is 1. The first kappa shape index (κ1) is 22.8. The molecule has 7 heteroatoms. The van der Waals surface area contributed by atoms with Gasteiger partial charge in [-0.3, -0.25) is 4.79 Å². The molecule has 1 aliphatic rings. The summed E-state index contributed by atoms with van der Waals surface area (Å²) in [6, 6.07) is 19.7. The number of thioether (sulfide) groups is 1. The third-order valence-corrected chi connectivity index (χ3v) is 7.49. The fourth-order valence-electron chi connectivity index (χ4n) is 3.14. The van der Waals surface area contributed by atoms with E-state index < -0.39 is 0 Å². The van der Waals surface area contributed by atoms with Gasteiger partial charge in [-0.2, -0.15) is 0 Å². The summed E-state index contributed by atoms with van der Waals surface area (Å²) >= 11 is 8.34. The summed E-state index contributed by atoms with van der Waals surface area (Å²) in [5.74, 6) is 0.636. The number of carbonyl (C=O) groups excluding carboxylic acids is 1. The monoisotopic (exact) mass is 570 g/mol. The fraction of sp³-hybridized carbons (Fsp3) is 0.120. The van der Waals surface area contributed by atoms with E-state index in [0.29, 0.717) is 16.7 Å². The highest BCUT2D eigenvalue weighted by Gasteiger charge is 2.23. The number of hydrogen-bond acceptors (Lipinski definition) is 4. The Morgan fingerprint density at radius 3 is 2.31 bits per heavy atom. The van der Waals surface area contributed by atoms with Crippen molar-refractivity contribution in [1.82, 2.24) is 5.32 Å². The summed E-state index contributed by atoms with van der Waals surface area (Å²) in [5.41, 5.74) is 5.06. The van der Waals surface area contributed by atoms with E-state index in [2.05, 4.69) is 42.2 Å². The van der Waals surface area contributed by atoms with Crippen LogP contribution >= 0.6 is 43.6 Å². The van der Waals surface area contributed by atoms with Crippen molar-refractivity contribution in [3.05, 3.63) is 96.8 Å². The lowest BCUT2D eigenvalue weighted by Crippen LogP contribution is -2.19. The van der Waals surface area contributed by atoms with Gasteiger partial charge in [0, 0.05) is 8.95 Å². The minimum absolute atomic E-state index is 0.144. The molecule has 0 atom stereocenters. The van der Waals surface area contributed by atoms with Gasteiger partial charge in [-0.05, 0) is 90.3 Å². The summed E-state index contributed by atoms with van der Waals surface area (Å²) in [5, 5.41) is 3.43. The molecule has 1 aliphatic heterocycles. The van der Waals surface area contributed by atoms with E-state index in [0.717, 1.165) is 42.6 Å². The molecule has 4 nitrogen and oxygen atoms in total. The van der Waals surface area contributed by atoms with Crippen molar-refractivity contribution in [2.45, 2.75) is 20.5 Å². The first-order valence-corrected chi connectivity index (χ1v) is 12.3. The second-order valence-corrected chi connectivity index (χ2v) is 10.1. The van der Waals surface area contributed by atoms with Gasteiger partial charge in [-0.25, -0.2) is 4.99 Å². The van der Waals surface area contributed by atoms with Gasteiger partial charge in [0.05, 0.1) is 10.6 Å². The van der Waals surface area contributed by atoms with E-state index in [9.17, 15) is 4.79 Å². The van der Waals surface area contributed by atoms with Crippen molar-refractivity contribution < 1.29 is 9.53 Å². The molecule has 0 radical (unpaired) electrons. The molecular weight excluding hydrogens is 552 g/mol. The molecule has 1 saturated heterocycles. The molecule has 1 N–H and O–H groups in total. The Labute approximate surface area is 208 Å². The number of aliphatic imine (C=N–C) groups is 1. The third-order valence-electron chi connectivity index (χ3n) is 4.80. The van der Waals surface area contributed by atoms with Crippen molar-refractivity contribution >= 4 is 66.5 Å². The van der Waals surface area contributed by atoms with Gasteiger partial charge in [0.25, 0.3) is 5.91 Å². The maximum absolute atomic E-state index is 12.4. The molecule has 0 bridgehead atoms. The maximum Gasteiger partial charge on any atom is 0.264 e. The van der Waals surface area contributed by atoms with Gasteiger partial charge in [-0.15, -0.1) is 0 Å². The molecule has 0 saturated carbocycles. The van der Waals surface area contributed by atoms with Gasteiger partial charge in [0.1, 0.15) is 12.4 Å². The average Bonchev–Trinajstić information content (AvgIpc) is 3.11. The number of carbonyl (C=O) groups is 1. The van der Waals surface area contributed by atoms with Crippen molar-refractivity contribution in [3.63, 3.8) is 0 Å².